The van der Waals surface area contributed by atoms with Crippen molar-refractivity contribution >= 4 is 17.8 Å². The van der Waals surface area contributed by atoms with E-state index in [1.807, 2.05) is 0 Å². The SMILES string of the molecule is COC(=O)[C@H](Cc1ccc(OC(=O)C(C)(C)C)cc1)NC(=O)C(C)(C)C. The molecule has 0 aliphatic rings. The van der Waals surface area contributed by atoms with Crippen molar-refractivity contribution in [3.05, 3.63) is 29.8 Å². The van der Waals surface area contributed by atoms with Gasteiger partial charge in [-0.05, 0) is 38.5 Å². The molecule has 0 bridgehead atoms. The van der Waals surface area contributed by atoms with Crippen LogP contribution in [0.15, 0.2) is 24.3 Å². The fraction of sp³-hybridized carbons (Fsp3) is 0.550. The first kappa shape index (κ1) is 21.7. The van der Waals surface area contributed by atoms with E-state index in [1.54, 1.807) is 65.8 Å². The fourth-order valence-electron chi connectivity index (χ4n) is 1.90. The van der Waals surface area contributed by atoms with Crippen LogP contribution in [0.25, 0.3) is 0 Å². The van der Waals surface area contributed by atoms with Gasteiger partial charge in [-0.25, -0.2) is 4.79 Å². The molecule has 1 amide bonds. The van der Waals surface area contributed by atoms with Gasteiger partial charge in [0.05, 0.1) is 12.5 Å². The molecule has 0 radical (unpaired) electrons. The lowest BCUT2D eigenvalue weighted by atomic mass is 9.94. The summed E-state index contributed by atoms with van der Waals surface area (Å²) in [5.41, 5.74) is -0.395. The Bertz CT molecular complexity index is 650. The summed E-state index contributed by atoms with van der Waals surface area (Å²) < 4.78 is 10.1. The molecule has 0 spiro atoms. The van der Waals surface area contributed by atoms with Crippen molar-refractivity contribution in [2.45, 2.75) is 54.0 Å². The summed E-state index contributed by atoms with van der Waals surface area (Å²) in [6, 6.07) is 6.06. The molecule has 1 N–H and O–H groups in total. The van der Waals surface area contributed by atoms with Crippen LogP contribution in [-0.4, -0.2) is 31.0 Å². The number of amides is 1. The van der Waals surface area contributed by atoms with E-state index in [1.165, 1.54) is 7.11 Å². The van der Waals surface area contributed by atoms with E-state index >= 15 is 0 Å². The number of rotatable bonds is 5. The maximum atomic E-state index is 12.2. The van der Waals surface area contributed by atoms with Gasteiger partial charge in [0.15, 0.2) is 0 Å². The monoisotopic (exact) mass is 363 g/mol. The largest absolute Gasteiger partial charge is 0.467 e. The lowest BCUT2D eigenvalue weighted by Gasteiger charge is -2.23. The van der Waals surface area contributed by atoms with Gasteiger partial charge in [-0.1, -0.05) is 32.9 Å². The number of hydrogen-bond donors (Lipinski definition) is 1. The molecule has 0 saturated carbocycles. The van der Waals surface area contributed by atoms with Gasteiger partial charge in [0, 0.05) is 11.8 Å². The van der Waals surface area contributed by atoms with E-state index in [9.17, 15) is 14.4 Å². The number of carbonyl (C=O) groups excluding carboxylic acids is 3. The Kier molecular flexibility index (Phi) is 6.95. The molecule has 1 aromatic rings. The predicted octanol–water partition coefficient (Wildman–Crippen LogP) is 2.88. The summed E-state index contributed by atoms with van der Waals surface area (Å²) >= 11 is 0. The quantitative estimate of drug-likeness (QED) is 0.642. The first-order chi connectivity index (χ1) is 11.8. The fourth-order valence-corrected chi connectivity index (χ4v) is 1.90. The number of carbonyl (C=O) groups is 3. The second-order valence-corrected chi connectivity index (χ2v) is 8.29. The molecule has 0 saturated heterocycles. The van der Waals surface area contributed by atoms with Gasteiger partial charge >= 0.3 is 11.9 Å². The van der Waals surface area contributed by atoms with Gasteiger partial charge < -0.3 is 14.8 Å². The first-order valence-electron chi connectivity index (χ1n) is 8.54. The molecule has 1 rings (SSSR count). The zero-order valence-electron chi connectivity index (χ0n) is 16.6. The summed E-state index contributed by atoms with van der Waals surface area (Å²) in [6.07, 6.45) is 0.280. The van der Waals surface area contributed by atoms with Crippen molar-refractivity contribution in [2.24, 2.45) is 10.8 Å². The topological polar surface area (TPSA) is 81.7 Å². The Morgan fingerprint density at radius 2 is 1.50 bits per heavy atom. The summed E-state index contributed by atoms with van der Waals surface area (Å²) in [4.78, 5) is 36.1. The maximum Gasteiger partial charge on any atom is 0.328 e. The predicted molar refractivity (Wildman–Crippen MR) is 98.6 cm³/mol. The zero-order valence-corrected chi connectivity index (χ0v) is 16.6. The molecular weight excluding hydrogens is 334 g/mol. The van der Waals surface area contributed by atoms with Gasteiger partial charge in [0.25, 0.3) is 0 Å². The number of ether oxygens (including phenoxy) is 2. The van der Waals surface area contributed by atoms with E-state index in [4.69, 9.17) is 9.47 Å². The highest BCUT2D eigenvalue weighted by molar-refractivity contribution is 5.87. The molecule has 0 aromatic heterocycles. The van der Waals surface area contributed by atoms with Crippen molar-refractivity contribution in [3.8, 4) is 5.75 Å². The molecule has 6 heteroatoms. The molecule has 6 nitrogen and oxygen atoms in total. The minimum absolute atomic E-state index is 0.233. The number of methoxy groups -OCH3 is 1. The van der Waals surface area contributed by atoms with E-state index in [0.717, 1.165) is 5.56 Å². The van der Waals surface area contributed by atoms with E-state index in [2.05, 4.69) is 5.32 Å². The van der Waals surface area contributed by atoms with Crippen LogP contribution in [0.4, 0.5) is 0 Å². The first-order valence-corrected chi connectivity index (χ1v) is 8.54. The average molecular weight is 363 g/mol. The van der Waals surface area contributed by atoms with E-state index < -0.39 is 22.8 Å². The van der Waals surface area contributed by atoms with Crippen LogP contribution in [0.2, 0.25) is 0 Å². The van der Waals surface area contributed by atoms with Gasteiger partial charge in [0.2, 0.25) is 5.91 Å². The van der Waals surface area contributed by atoms with Gasteiger partial charge in [-0.3, -0.25) is 9.59 Å². The molecule has 0 fully saturated rings. The highest BCUT2D eigenvalue weighted by Crippen LogP contribution is 2.20. The Morgan fingerprint density at radius 1 is 0.962 bits per heavy atom. The highest BCUT2D eigenvalue weighted by atomic mass is 16.5. The Morgan fingerprint density at radius 3 is 1.92 bits per heavy atom. The minimum Gasteiger partial charge on any atom is -0.467 e. The summed E-state index contributed by atoms with van der Waals surface area (Å²) in [7, 11) is 1.29. The Hall–Kier alpha value is -2.37. The molecule has 144 valence electrons. The maximum absolute atomic E-state index is 12.2. The third-order valence-corrected chi connectivity index (χ3v) is 3.66. The highest BCUT2D eigenvalue weighted by Gasteiger charge is 2.28. The van der Waals surface area contributed by atoms with Gasteiger partial charge in [-0.2, -0.15) is 0 Å². The third-order valence-electron chi connectivity index (χ3n) is 3.66. The zero-order chi connectivity index (χ0) is 20.1. The van der Waals surface area contributed by atoms with Crippen molar-refractivity contribution in [1.82, 2.24) is 5.32 Å². The van der Waals surface area contributed by atoms with Crippen LogP contribution in [0.1, 0.15) is 47.1 Å². The molecule has 26 heavy (non-hydrogen) atoms. The third kappa shape index (κ3) is 6.50. The van der Waals surface area contributed by atoms with E-state index in [-0.39, 0.29) is 18.3 Å². The van der Waals surface area contributed by atoms with Gasteiger partial charge in [0.1, 0.15) is 11.8 Å². The van der Waals surface area contributed by atoms with Crippen LogP contribution < -0.4 is 10.1 Å². The number of benzene rings is 1. The lowest BCUT2D eigenvalue weighted by molar-refractivity contribution is -0.146. The molecule has 1 aromatic carbocycles. The smallest absolute Gasteiger partial charge is 0.328 e. The Labute approximate surface area is 155 Å². The van der Waals surface area contributed by atoms with Gasteiger partial charge in [-0.15, -0.1) is 0 Å². The molecule has 0 heterocycles. The van der Waals surface area contributed by atoms with E-state index in [0.29, 0.717) is 5.75 Å². The van der Waals surface area contributed by atoms with Crippen LogP contribution in [0.3, 0.4) is 0 Å². The molecule has 0 aliphatic heterocycles. The summed E-state index contributed by atoms with van der Waals surface area (Å²) in [5.74, 6) is -0.633. The molecular formula is C20H29NO5. The van der Waals surface area contributed by atoms with Crippen LogP contribution >= 0.6 is 0 Å². The summed E-state index contributed by atoms with van der Waals surface area (Å²) in [6.45, 7) is 10.7. The van der Waals surface area contributed by atoms with Crippen molar-refractivity contribution in [1.29, 1.82) is 0 Å². The van der Waals surface area contributed by atoms with Crippen LogP contribution in [-0.2, 0) is 25.5 Å². The van der Waals surface area contributed by atoms with Crippen molar-refractivity contribution in [3.63, 3.8) is 0 Å². The second-order valence-electron chi connectivity index (χ2n) is 8.29. The minimum atomic E-state index is -0.783. The number of hydrogen-bond acceptors (Lipinski definition) is 5. The molecule has 1 atom stereocenters. The number of nitrogens with one attached hydrogen (secondary N) is 1. The van der Waals surface area contributed by atoms with Crippen molar-refractivity contribution < 1.29 is 23.9 Å². The van der Waals surface area contributed by atoms with Crippen molar-refractivity contribution in [2.75, 3.05) is 7.11 Å². The van der Waals surface area contributed by atoms with Crippen LogP contribution in [0.5, 0.6) is 5.75 Å². The second kappa shape index (κ2) is 8.34. The molecule has 0 aliphatic carbocycles. The lowest BCUT2D eigenvalue weighted by Crippen LogP contribution is -2.47. The average Bonchev–Trinajstić information content (AvgIpc) is 2.53. The summed E-state index contributed by atoms with van der Waals surface area (Å²) in [5, 5.41) is 2.72. The number of esters is 2. The Balaban J connectivity index is 2.84. The molecule has 0 unspecified atom stereocenters. The normalized spacial score (nSPS) is 12.9. The van der Waals surface area contributed by atoms with Crippen LogP contribution in [0, 0.1) is 10.8 Å². The standard InChI is InChI=1S/C20H29NO5/c1-19(2,3)17(23)21-15(16(22)25-7)12-13-8-10-14(11-9-13)26-18(24)20(4,5)6/h8-11,15H,12H2,1-7H3,(H,21,23)/t15-/m0/s1.